The predicted molar refractivity (Wildman–Crippen MR) is 110 cm³/mol. The highest BCUT2D eigenvalue weighted by Gasteiger charge is 2.33. The third-order valence-electron chi connectivity index (χ3n) is 4.41. The van der Waals surface area contributed by atoms with Crippen LogP contribution in [0.3, 0.4) is 0 Å². The molecule has 25 heavy (non-hydrogen) atoms. The Morgan fingerprint density at radius 3 is 2.48 bits per heavy atom. The first-order chi connectivity index (χ1) is 11.3. The first-order valence-corrected chi connectivity index (χ1v) is 8.49. The van der Waals surface area contributed by atoms with Crippen LogP contribution in [0.4, 0.5) is 0 Å². The van der Waals surface area contributed by atoms with Gasteiger partial charge in [-0.25, -0.2) is 4.98 Å². The van der Waals surface area contributed by atoms with E-state index in [1.807, 2.05) is 7.05 Å². The number of morpholine rings is 1. The molecule has 0 aliphatic carbocycles. The molecule has 1 fully saturated rings. The van der Waals surface area contributed by atoms with E-state index < -0.39 is 0 Å². The van der Waals surface area contributed by atoms with E-state index in [2.05, 4.69) is 58.3 Å². The lowest BCUT2D eigenvalue weighted by Gasteiger charge is -2.45. The Labute approximate surface area is 167 Å². The average Bonchev–Trinajstić information content (AvgIpc) is 2.92. The van der Waals surface area contributed by atoms with E-state index in [0.29, 0.717) is 6.54 Å². The van der Waals surface area contributed by atoms with Crippen molar-refractivity contribution in [1.29, 1.82) is 0 Å². The van der Waals surface area contributed by atoms with E-state index in [9.17, 15) is 0 Å². The minimum atomic E-state index is 0. The molecule has 1 aromatic rings. The molecule has 0 aromatic carbocycles. The fourth-order valence-electron chi connectivity index (χ4n) is 2.95. The Morgan fingerprint density at radius 2 is 1.96 bits per heavy atom. The number of aromatic nitrogens is 3. The Balaban J connectivity index is 0.00000312. The van der Waals surface area contributed by atoms with Crippen LogP contribution in [0.25, 0.3) is 0 Å². The fraction of sp³-hybridized carbons (Fsp3) is 0.812. The lowest BCUT2D eigenvalue weighted by Crippen LogP contribution is -2.59. The summed E-state index contributed by atoms with van der Waals surface area (Å²) in [6.45, 7) is 12.0. The van der Waals surface area contributed by atoms with Gasteiger partial charge in [-0.2, -0.15) is 5.10 Å². The monoisotopic (exact) mass is 465 g/mol. The predicted octanol–water partition coefficient (Wildman–Crippen LogP) is 0.986. The Morgan fingerprint density at radius 1 is 1.32 bits per heavy atom. The third kappa shape index (κ3) is 6.37. The Bertz CT molecular complexity index is 550. The summed E-state index contributed by atoms with van der Waals surface area (Å²) in [4.78, 5) is 11.0. The van der Waals surface area contributed by atoms with E-state index in [1.165, 1.54) is 0 Å². The summed E-state index contributed by atoms with van der Waals surface area (Å²) in [5.41, 5.74) is 0.00863. The van der Waals surface area contributed by atoms with E-state index in [1.54, 1.807) is 18.1 Å². The van der Waals surface area contributed by atoms with Crippen molar-refractivity contribution in [1.82, 2.24) is 30.3 Å². The summed E-state index contributed by atoms with van der Waals surface area (Å²) < 4.78 is 7.59. The standard InChI is InChI=1S/C16H31N7O.HI/c1-12-8-23(9-13(2)24-12)16(3,4)10-19-15(17-5)18-7-14-20-11-21-22(14)6;/h11-13H,7-10H2,1-6H3,(H2,17,18,19);1H. The van der Waals surface area contributed by atoms with E-state index in [0.717, 1.165) is 31.4 Å². The van der Waals surface area contributed by atoms with Crippen LogP contribution in [-0.4, -0.2) is 70.1 Å². The van der Waals surface area contributed by atoms with E-state index in [4.69, 9.17) is 4.74 Å². The van der Waals surface area contributed by atoms with Crippen LogP contribution in [0.15, 0.2) is 11.3 Å². The van der Waals surface area contributed by atoms with Crippen LogP contribution in [-0.2, 0) is 18.3 Å². The molecule has 0 radical (unpaired) electrons. The number of hydrogen-bond donors (Lipinski definition) is 2. The number of aryl methyl sites for hydroxylation is 1. The largest absolute Gasteiger partial charge is 0.373 e. The summed E-state index contributed by atoms with van der Waals surface area (Å²) in [7, 11) is 3.65. The van der Waals surface area contributed by atoms with E-state index >= 15 is 0 Å². The fourth-order valence-corrected chi connectivity index (χ4v) is 2.95. The van der Waals surface area contributed by atoms with Gasteiger partial charge in [0.15, 0.2) is 5.96 Å². The molecule has 2 heterocycles. The highest BCUT2D eigenvalue weighted by molar-refractivity contribution is 14.0. The SMILES string of the molecule is CN=C(NCc1ncnn1C)NCC(C)(C)N1CC(C)OC(C)C1.I. The van der Waals surface area contributed by atoms with Crippen molar-refractivity contribution in [3.8, 4) is 0 Å². The summed E-state index contributed by atoms with van der Waals surface area (Å²) in [5, 5.41) is 10.8. The molecule has 2 atom stereocenters. The van der Waals surface area contributed by atoms with Crippen molar-refractivity contribution in [3.63, 3.8) is 0 Å². The lowest BCUT2D eigenvalue weighted by atomic mass is 10.00. The van der Waals surface area contributed by atoms with Gasteiger partial charge >= 0.3 is 0 Å². The average molecular weight is 465 g/mol. The summed E-state index contributed by atoms with van der Waals surface area (Å²) >= 11 is 0. The minimum Gasteiger partial charge on any atom is -0.373 e. The molecule has 0 bridgehead atoms. The summed E-state index contributed by atoms with van der Waals surface area (Å²) in [6, 6.07) is 0. The van der Waals surface area contributed by atoms with Gasteiger partial charge in [-0.15, -0.1) is 24.0 Å². The molecule has 1 aliphatic rings. The van der Waals surface area contributed by atoms with Crippen molar-refractivity contribution in [2.75, 3.05) is 26.7 Å². The molecule has 1 aromatic heterocycles. The Kier molecular flexibility index (Phi) is 8.55. The van der Waals surface area contributed by atoms with Gasteiger partial charge in [0.1, 0.15) is 12.2 Å². The van der Waals surface area contributed by atoms with Crippen LogP contribution in [0.2, 0.25) is 0 Å². The third-order valence-corrected chi connectivity index (χ3v) is 4.41. The molecule has 0 saturated carbocycles. The number of halogens is 1. The maximum atomic E-state index is 5.84. The maximum Gasteiger partial charge on any atom is 0.191 e. The van der Waals surface area contributed by atoms with Crippen molar-refractivity contribution in [3.05, 3.63) is 12.2 Å². The molecule has 0 amide bonds. The molecule has 144 valence electrons. The number of ether oxygens (including phenoxy) is 1. The quantitative estimate of drug-likeness (QED) is 0.384. The topological polar surface area (TPSA) is 79.6 Å². The van der Waals surface area contributed by atoms with Gasteiger partial charge in [0.25, 0.3) is 0 Å². The molecule has 0 spiro atoms. The second-order valence-electron chi connectivity index (χ2n) is 7.05. The lowest BCUT2D eigenvalue weighted by molar-refractivity contribution is -0.0946. The molecule has 1 aliphatic heterocycles. The molecule has 2 N–H and O–H groups in total. The summed E-state index contributed by atoms with van der Waals surface area (Å²) in [6.07, 6.45) is 2.08. The van der Waals surface area contributed by atoms with Crippen molar-refractivity contribution < 1.29 is 4.74 Å². The molecular formula is C16H32IN7O. The number of aliphatic imine (C=N–C) groups is 1. The van der Waals surface area contributed by atoms with Crippen LogP contribution < -0.4 is 10.6 Å². The van der Waals surface area contributed by atoms with Crippen LogP contribution >= 0.6 is 24.0 Å². The highest BCUT2D eigenvalue weighted by atomic mass is 127. The maximum absolute atomic E-state index is 5.84. The van der Waals surface area contributed by atoms with Crippen LogP contribution in [0.5, 0.6) is 0 Å². The molecule has 2 rings (SSSR count). The van der Waals surface area contributed by atoms with Gasteiger partial charge in [-0.05, 0) is 27.7 Å². The minimum absolute atomic E-state index is 0. The number of nitrogens with zero attached hydrogens (tertiary/aromatic N) is 5. The van der Waals surface area contributed by atoms with Crippen molar-refractivity contribution in [2.45, 2.75) is 52.0 Å². The smallest absolute Gasteiger partial charge is 0.191 e. The number of nitrogens with one attached hydrogen (secondary N) is 2. The van der Waals surface area contributed by atoms with Gasteiger partial charge in [-0.3, -0.25) is 14.6 Å². The van der Waals surface area contributed by atoms with E-state index in [-0.39, 0.29) is 41.7 Å². The van der Waals surface area contributed by atoms with Gasteiger partial charge in [-0.1, -0.05) is 0 Å². The molecule has 8 nitrogen and oxygen atoms in total. The second-order valence-corrected chi connectivity index (χ2v) is 7.05. The van der Waals surface area contributed by atoms with Gasteiger partial charge in [0.05, 0.1) is 18.8 Å². The zero-order valence-corrected chi connectivity index (χ0v) is 18.4. The number of hydrogen-bond acceptors (Lipinski definition) is 5. The molecule has 9 heteroatoms. The normalized spacial score (nSPS) is 22.4. The van der Waals surface area contributed by atoms with Gasteiger partial charge < -0.3 is 15.4 Å². The van der Waals surface area contributed by atoms with Crippen LogP contribution in [0.1, 0.15) is 33.5 Å². The van der Waals surface area contributed by atoms with Crippen LogP contribution in [0, 0.1) is 0 Å². The van der Waals surface area contributed by atoms with Crippen molar-refractivity contribution >= 4 is 29.9 Å². The molecular weight excluding hydrogens is 433 g/mol. The van der Waals surface area contributed by atoms with Gasteiger partial charge in [0.2, 0.25) is 0 Å². The number of rotatable bonds is 5. The second kappa shape index (κ2) is 9.67. The molecule has 1 saturated heterocycles. The van der Waals surface area contributed by atoms with Gasteiger partial charge in [0, 0.05) is 39.3 Å². The summed E-state index contributed by atoms with van der Waals surface area (Å²) in [5.74, 6) is 1.63. The zero-order valence-electron chi connectivity index (χ0n) is 16.1. The first kappa shape index (κ1) is 22.1. The highest BCUT2D eigenvalue weighted by Crippen LogP contribution is 2.20. The number of guanidine groups is 1. The zero-order chi connectivity index (χ0) is 17.7. The Hall–Kier alpha value is -0.940. The molecule has 2 unspecified atom stereocenters. The first-order valence-electron chi connectivity index (χ1n) is 8.49. The van der Waals surface area contributed by atoms with Crippen molar-refractivity contribution in [2.24, 2.45) is 12.0 Å².